The molecule has 0 aromatic rings. The molecule has 0 aliphatic heterocycles. The molecule has 0 N–H and O–H groups in total. The third-order valence-corrected chi connectivity index (χ3v) is 6.21. The quantitative estimate of drug-likeness (QED) is 0.232. The van der Waals surface area contributed by atoms with Crippen LogP contribution < -0.4 is 47.4 Å². The topological polar surface area (TPSA) is 80.3 Å². The average molecular weight is 621 g/mol. The summed E-state index contributed by atoms with van der Waals surface area (Å²) < 4.78 is 0. The van der Waals surface area contributed by atoms with Gasteiger partial charge in [-0.1, -0.05) is 75.7 Å². The van der Waals surface area contributed by atoms with E-state index in [0.29, 0.717) is 0 Å². The Balaban J connectivity index is -0.000000237. The molecule has 202 valence electrons. The maximum Gasteiger partial charge on any atom is 0.0445 e. The maximum absolute atomic E-state index is 10.8. The van der Waals surface area contributed by atoms with Crippen molar-refractivity contribution in [2.45, 2.75) is 116 Å². The van der Waals surface area contributed by atoms with Gasteiger partial charge in [-0.3, -0.25) is 0 Å². The van der Waals surface area contributed by atoms with Gasteiger partial charge in [-0.25, -0.2) is 0 Å². The molecule has 34 heavy (non-hydrogen) atoms. The zero-order valence-corrected chi connectivity index (χ0v) is 24.6. The van der Waals surface area contributed by atoms with Crippen LogP contribution in [0.2, 0.25) is 0 Å². The summed E-state index contributed by atoms with van der Waals surface area (Å²) in [6.45, 7) is 0. The van der Waals surface area contributed by atoms with Gasteiger partial charge in [0.1, 0.15) is 0 Å². The second-order valence-corrected chi connectivity index (χ2v) is 8.82. The van der Waals surface area contributed by atoms with Crippen LogP contribution in [0.5, 0.6) is 0 Å². The molecule has 0 heterocycles. The minimum atomic E-state index is -0.861. The summed E-state index contributed by atoms with van der Waals surface area (Å²) in [7, 11) is 0. The number of carboxylic acids is 2. The Morgan fingerprint density at radius 1 is 0.471 bits per heavy atom. The molecule has 0 saturated carbocycles. The normalized spacial score (nSPS) is 24.1. The van der Waals surface area contributed by atoms with Gasteiger partial charge in [0.15, 0.2) is 0 Å². The molecule has 2 rings (SSSR count). The van der Waals surface area contributed by atoms with Gasteiger partial charge in [0.05, 0.1) is 0 Å². The zero-order valence-electron chi connectivity index (χ0n) is 20.4. The number of hydrogen-bond acceptors (Lipinski definition) is 4. The van der Waals surface area contributed by atoms with Gasteiger partial charge >= 0.3 is 0 Å². The van der Waals surface area contributed by atoms with Gasteiger partial charge < -0.3 is 57.0 Å². The van der Waals surface area contributed by atoms with E-state index in [1.54, 1.807) is 0 Å². The summed E-state index contributed by atoms with van der Waals surface area (Å²) >= 11 is 0. The minimum Gasteiger partial charge on any atom is -1.00 e. The molecule has 0 radical (unpaired) electrons. The second kappa shape index (κ2) is 29.2. The van der Waals surface area contributed by atoms with E-state index in [1.807, 2.05) is 0 Å². The van der Waals surface area contributed by atoms with Crippen molar-refractivity contribution in [2.75, 3.05) is 0 Å². The summed E-state index contributed by atoms with van der Waals surface area (Å²) in [6.07, 6.45) is 27.8. The molecule has 4 nitrogen and oxygen atoms in total. The van der Waals surface area contributed by atoms with E-state index in [1.165, 1.54) is 51.4 Å². The second-order valence-electron chi connectivity index (χ2n) is 8.82. The molecule has 0 saturated heterocycles. The first kappa shape index (κ1) is 41.1. The molecule has 0 fully saturated rings. The van der Waals surface area contributed by atoms with Crippen molar-refractivity contribution in [1.29, 1.82) is 0 Å². The van der Waals surface area contributed by atoms with Crippen LogP contribution in [0.15, 0.2) is 24.3 Å². The molecule has 0 aromatic carbocycles. The molecular formula is C26H42Cl3MoO4-5. The van der Waals surface area contributed by atoms with Crippen LogP contribution in [-0.4, -0.2) is 11.9 Å². The largest absolute Gasteiger partial charge is 1.00 e. The van der Waals surface area contributed by atoms with Gasteiger partial charge in [-0.05, 0) is 76.0 Å². The van der Waals surface area contributed by atoms with E-state index in [4.69, 9.17) is 0 Å². The van der Waals surface area contributed by atoms with E-state index in [-0.39, 0.29) is 70.1 Å². The number of carbonyl (C=O) groups excluding carboxylic acids is 2. The molecule has 0 bridgehead atoms. The third kappa shape index (κ3) is 23.7. The predicted octanol–water partition coefficient (Wildman–Crippen LogP) is -4.12. The molecule has 0 aromatic heterocycles. The van der Waals surface area contributed by atoms with Crippen LogP contribution in [0, 0.1) is 11.8 Å². The number of rotatable bonds is 2. The van der Waals surface area contributed by atoms with Crippen molar-refractivity contribution in [3.8, 4) is 0 Å². The summed E-state index contributed by atoms with van der Waals surface area (Å²) in [5.41, 5.74) is 0. The van der Waals surface area contributed by atoms with Crippen LogP contribution in [0.3, 0.4) is 0 Å². The first-order valence-electron chi connectivity index (χ1n) is 12.3. The summed E-state index contributed by atoms with van der Waals surface area (Å²) in [4.78, 5) is 21.7. The number of hydrogen-bond donors (Lipinski definition) is 0. The van der Waals surface area contributed by atoms with E-state index in [9.17, 15) is 19.8 Å². The summed E-state index contributed by atoms with van der Waals surface area (Å²) in [5.74, 6) is -2.18. The number of carboxylic acid groups (broad SMARTS) is 2. The van der Waals surface area contributed by atoms with E-state index in [2.05, 4.69) is 24.3 Å². The van der Waals surface area contributed by atoms with Gasteiger partial charge in [0.25, 0.3) is 0 Å². The molecule has 2 unspecified atom stereocenters. The molecule has 2 aliphatic rings. The Bertz CT molecular complexity index is 484. The van der Waals surface area contributed by atoms with Crippen molar-refractivity contribution in [2.24, 2.45) is 11.8 Å². The van der Waals surface area contributed by atoms with Crippen molar-refractivity contribution in [3.05, 3.63) is 24.3 Å². The molecule has 0 amide bonds. The molecule has 2 atom stereocenters. The predicted molar refractivity (Wildman–Crippen MR) is 118 cm³/mol. The summed E-state index contributed by atoms with van der Waals surface area (Å²) in [5, 5.41) is 21.7. The minimum absolute atomic E-state index is 0. The van der Waals surface area contributed by atoms with Crippen LogP contribution in [0.1, 0.15) is 116 Å². The standard InChI is InChI=1S/2C13H22O2.3ClH.Mo/c2*14-13(15)12-10-8-6-4-2-1-3-5-7-9-11-12;;;;/h2*4,6,12H,1-3,5,7-11H2,(H,14,15);3*1H;/p-5/b2*6-4-;;;;. The molecular weight excluding hydrogens is 579 g/mol. The van der Waals surface area contributed by atoms with Crippen LogP contribution >= 0.6 is 0 Å². The van der Waals surface area contributed by atoms with E-state index in [0.717, 1.165) is 64.2 Å². The Morgan fingerprint density at radius 3 is 1.12 bits per heavy atom. The monoisotopic (exact) mass is 621 g/mol. The van der Waals surface area contributed by atoms with Gasteiger partial charge in [0, 0.05) is 33.0 Å². The summed E-state index contributed by atoms with van der Waals surface area (Å²) in [6, 6.07) is 0. The maximum atomic E-state index is 10.8. The van der Waals surface area contributed by atoms with Gasteiger partial charge in [0.2, 0.25) is 0 Å². The Morgan fingerprint density at radius 2 is 0.765 bits per heavy atom. The fourth-order valence-corrected chi connectivity index (χ4v) is 4.19. The van der Waals surface area contributed by atoms with Crippen LogP contribution in [-0.2, 0) is 30.7 Å². The van der Waals surface area contributed by atoms with Gasteiger partial charge in [-0.2, -0.15) is 0 Å². The fourth-order valence-electron chi connectivity index (χ4n) is 4.19. The number of halogens is 3. The number of allylic oxidation sites excluding steroid dienone is 4. The smallest absolute Gasteiger partial charge is 0.0445 e. The number of carbonyl (C=O) groups is 2. The van der Waals surface area contributed by atoms with Crippen LogP contribution in [0.25, 0.3) is 0 Å². The van der Waals surface area contributed by atoms with E-state index < -0.39 is 11.9 Å². The Labute approximate surface area is 240 Å². The first-order chi connectivity index (χ1) is 14.6. The SMILES string of the molecule is O=C([O-])C1CC/C=C\CCCCCCC1.O=C([O-])C1CC/C=C\CCCCCCC1.[Cl-].[Cl-].[Cl-].[Mo]. The van der Waals surface area contributed by atoms with Crippen LogP contribution in [0.4, 0.5) is 0 Å². The van der Waals surface area contributed by atoms with Crippen molar-refractivity contribution in [1.82, 2.24) is 0 Å². The molecule has 2 aliphatic carbocycles. The average Bonchev–Trinajstić information content (AvgIpc) is 2.69. The molecule has 8 heteroatoms. The first-order valence-corrected chi connectivity index (χ1v) is 12.3. The number of aliphatic carboxylic acids is 2. The third-order valence-electron chi connectivity index (χ3n) is 6.21. The Hall–Kier alpha value is -0.0217. The Kier molecular flexibility index (Phi) is 35.3. The van der Waals surface area contributed by atoms with Gasteiger partial charge in [-0.15, -0.1) is 0 Å². The molecule has 0 spiro atoms. The van der Waals surface area contributed by atoms with Crippen molar-refractivity contribution >= 4 is 11.9 Å². The van der Waals surface area contributed by atoms with Crippen molar-refractivity contribution < 1.29 is 78.1 Å². The zero-order chi connectivity index (χ0) is 21.9. The fraction of sp³-hybridized carbons (Fsp3) is 0.769. The van der Waals surface area contributed by atoms with E-state index >= 15 is 0 Å². The van der Waals surface area contributed by atoms with Crippen molar-refractivity contribution in [3.63, 3.8) is 0 Å².